The maximum absolute atomic E-state index is 12.1. The lowest BCUT2D eigenvalue weighted by Gasteiger charge is -2.16. The highest BCUT2D eigenvalue weighted by molar-refractivity contribution is 7.13. The first-order valence-corrected chi connectivity index (χ1v) is 7.18. The van der Waals surface area contributed by atoms with Gasteiger partial charge in [-0.25, -0.2) is 4.98 Å². The summed E-state index contributed by atoms with van der Waals surface area (Å²) in [6, 6.07) is 9.41. The quantitative estimate of drug-likeness (QED) is 0.940. The molecule has 1 saturated heterocycles. The predicted molar refractivity (Wildman–Crippen MR) is 77.6 cm³/mol. The Morgan fingerprint density at radius 2 is 2.15 bits per heavy atom. The van der Waals surface area contributed by atoms with Crippen LogP contribution < -0.4 is 10.2 Å². The van der Waals surface area contributed by atoms with Gasteiger partial charge in [0.05, 0.1) is 5.92 Å². The zero-order valence-electron chi connectivity index (χ0n) is 10.7. The van der Waals surface area contributed by atoms with E-state index < -0.39 is 0 Å². The van der Waals surface area contributed by atoms with Crippen LogP contribution >= 0.6 is 11.3 Å². The Kier molecular flexibility index (Phi) is 3.47. The largest absolute Gasteiger partial charge is 0.312 e. The van der Waals surface area contributed by atoms with Crippen LogP contribution in [0.25, 0.3) is 0 Å². The summed E-state index contributed by atoms with van der Waals surface area (Å²) < 4.78 is 0. The fourth-order valence-electron chi connectivity index (χ4n) is 2.23. The third-order valence-electron chi connectivity index (χ3n) is 3.23. The summed E-state index contributed by atoms with van der Waals surface area (Å²) in [4.78, 5) is 29.8. The van der Waals surface area contributed by atoms with Crippen molar-refractivity contribution in [1.29, 1.82) is 0 Å². The molecular weight excluding hydrogens is 274 g/mol. The summed E-state index contributed by atoms with van der Waals surface area (Å²) in [6.45, 7) is 0.417. The molecule has 2 amide bonds. The van der Waals surface area contributed by atoms with Gasteiger partial charge in [-0.3, -0.25) is 9.59 Å². The van der Waals surface area contributed by atoms with Crippen LogP contribution in [0.4, 0.5) is 10.8 Å². The maximum atomic E-state index is 12.1. The highest BCUT2D eigenvalue weighted by Gasteiger charge is 2.35. The van der Waals surface area contributed by atoms with E-state index in [2.05, 4.69) is 10.3 Å². The predicted octanol–water partition coefficient (Wildman–Crippen LogP) is 2.13. The van der Waals surface area contributed by atoms with Gasteiger partial charge in [0.25, 0.3) is 0 Å². The third kappa shape index (κ3) is 2.55. The molecule has 3 rings (SSSR count). The van der Waals surface area contributed by atoms with E-state index in [1.807, 2.05) is 30.3 Å². The zero-order chi connectivity index (χ0) is 13.9. The zero-order valence-corrected chi connectivity index (χ0v) is 11.5. The molecule has 0 bridgehead atoms. The number of para-hydroxylation sites is 1. The molecule has 1 aromatic carbocycles. The van der Waals surface area contributed by atoms with Crippen molar-refractivity contribution in [3.05, 3.63) is 41.9 Å². The molecule has 6 heteroatoms. The van der Waals surface area contributed by atoms with Crippen LogP contribution in [-0.2, 0) is 9.59 Å². The number of benzene rings is 1. The van der Waals surface area contributed by atoms with Crippen molar-refractivity contribution in [3.8, 4) is 0 Å². The number of carbonyl (C=O) groups excluding carboxylic acids is 2. The first-order chi connectivity index (χ1) is 9.74. The van der Waals surface area contributed by atoms with Gasteiger partial charge < -0.3 is 10.2 Å². The second kappa shape index (κ2) is 5.42. The molecule has 1 aliphatic heterocycles. The molecule has 0 aliphatic carbocycles. The smallest absolute Gasteiger partial charge is 0.231 e. The van der Waals surface area contributed by atoms with Gasteiger partial charge in [0.15, 0.2) is 5.13 Å². The van der Waals surface area contributed by atoms with E-state index in [1.165, 1.54) is 11.3 Å². The van der Waals surface area contributed by atoms with Crippen molar-refractivity contribution >= 4 is 34.0 Å². The van der Waals surface area contributed by atoms with Gasteiger partial charge in [0.1, 0.15) is 0 Å². The van der Waals surface area contributed by atoms with Crippen LogP contribution in [0.3, 0.4) is 0 Å². The number of rotatable bonds is 3. The topological polar surface area (TPSA) is 62.3 Å². The van der Waals surface area contributed by atoms with Crippen molar-refractivity contribution < 1.29 is 9.59 Å². The lowest BCUT2D eigenvalue weighted by molar-refractivity contribution is -0.122. The standard InChI is InChI=1S/C14H13N3O2S/c18-12-8-10(13(19)16-14-15-6-7-20-14)9-17(12)11-4-2-1-3-5-11/h1-7,10H,8-9H2,(H,15,16,19)/t10-/m1/s1. The van der Waals surface area contributed by atoms with Gasteiger partial charge in [-0.2, -0.15) is 0 Å². The second-order valence-corrected chi connectivity index (χ2v) is 5.46. The number of anilines is 2. The second-order valence-electron chi connectivity index (χ2n) is 4.57. The van der Waals surface area contributed by atoms with Gasteiger partial charge in [-0.1, -0.05) is 18.2 Å². The Morgan fingerprint density at radius 1 is 1.35 bits per heavy atom. The van der Waals surface area contributed by atoms with Crippen molar-refractivity contribution in [1.82, 2.24) is 4.98 Å². The van der Waals surface area contributed by atoms with E-state index in [1.54, 1.807) is 16.5 Å². The molecule has 20 heavy (non-hydrogen) atoms. The Hall–Kier alpha value is -2.21. The highest BCUT2D eigenvalue weighted by Crippen LogP contribution is 2.25. The van der Waals surface area contributed by atoms with Gasteiger partial charge in [-0.15, -0.1) is 11.3 Å². The molecule has 1 atom stereocenters. The fraction of sp³-hybridized carbons (Fsp3) is 0.214. The van der Waals surface area contributed by atoms with E-state index in [-0.39, 0.29) is 24.2 Å². The molecule has 5 nitrogen and oxygen atoms in total. The number of nitrogens with zero attached hydrogens (tertiary/aromatic N) is 2. The van der Waals surface area contributed by atoms with Gasteiger partial charge >= 0.3 is 0 Å². The lowest BCUT2D eigenvalue weighted by atomic mass is 10.1. The number of carbonyl (C=O) groups is 2. The van der Waals surface area contributed by atoms with Gasteiger partial charge in [0.2, 0.25) is 11.8 Å². The van der Waals surface area contributed by atoms with Gasteiger partial charge in [-0.05, 0) is 12.1 Å². The average molecular weight is 287 g/mol. The van der Waals surface area contributed by atoms with Crippen molar-refractivity contribution in [3.63, 3.8) is 0 Å². The Bertz CT molecular complexity index is 613. The minimum atomic E-state index is -0.327. The van der Waals surface area contributed by atoms with Crippen molar-refractivity contribution in [2.45, 2.75) is 6.42 Å². The molecule has 0 radical (unpaired) electrons. The molecule has 1 aromatic heterocycles. The Balaban J connectivity index is 1.69. The van der Waals surface area contributed by atoms with Crippen LogP contribution in [-0.4, -0.2) is 23.3 Å². The molecule has 0 spiro atoms. The lowest BCUT2D eigenvalue weighted by Crippen LogP contribution is -2.28. The number of hydrogen-bond acceptors (Lipinski definition) is 4. The molecule has 1 N–H and O–H groups in total. The first-order valence-electron chi connectivity index (χ1n) is 6.30. The van der Waals surface area contributed by atoms with E-state index in [0.717, 1.165) is 5.69 Å². The first kappa shape index (κ1) is 12.8. The number of thiazole rings is 1. The summed E-state index contributed by atoms with van der Waals surface area (Å²) in [5.41, 5.74) is 0.835. The normalized spacial score (nSPS) is 18.3. The van der Waals surface area contributed by atoms with Crippen molar-refractivity contribution in [2.75, 3.05) is 16.8 Å². The van der Waals surface area contributed by atoms with E-state index >= 15 is 0 Å². The van der Waals surface area contributed by atoms with Crippen LogP contribution in [0.2, 0.25) is 0 Å². The molecule has 0 unspecified atom stereocenters. The minimum absolute atomic E-state index is 0.0181. The number of amides is 2. The summed E-state index contributed by atoms with van der Waals surface area (Å²) in [5, 5.41) is 5.11. The third-order valence-corrected chi connectivity index (χ3v) is 3.91. The summed E-state index contributed by atoms with van der Waals surface area (Å²) in [7, 11) is 0. The monoisotopic (exact) mass is 287 g/mol. The average Bonchev–Trinajstić information content (AvgIpc) is 3.09. The number of hydrogen-bond donors (Lipinski definition) is 1. The molecule has 0 saturated carbocycles. The Labute approximate surface area is 120 Å². The van der Waals surface area contributed by atoms with Crippen molar-refractivity contribution in [2.24, 2.45) is 5.92 Å². The van der Waals surface area contributed by atoms with E-state index in [0.29, 0.717) is 11.7 Å². The molecule has 2 heterocycles. The van der Waals surface area contributed by atoms with Crippen LogP contribution in [0.15, 0.2) is 41.9 Å². The van der Waals surface area contributed by atoms with E-state index in [4.69, 9.17) is 0 Å². The minimum Gasteiger partial charge on any atom is -0.312 e. The fourth-order valence-corrected chi connectivity index (χ4v) is 2.77. The van der Waals surface area contributed by atoms with Crippen LogP contribution in [0, 0.1) is 5.92 Å². The summed E-state index contributed by atoms with van der Waals surface area (Å²) >= 11 is 1.37. The molecule has 102 valence electrons. The highest BCUT2D eigenvalue weighted by atomic mass is 32.1. The molecular formula is C14H13N3O2S. The van der Waals surface area contributed by atoms with Crippen LogP contribution in [0.1, 0.15) is 6.42 Å². The van der Waals surface area contributed by atoms with E-state index in [9.17, 15) is 9.59 Å². The van der Waals surface area contributed by atoms with Gasteiger partial charge in [0, 0.05) is 30.2 Å². The SMILES string of the molecule is O=C(Nc1nccs1)[C@@H]1CC(=O)N(c2ccccc2)C1. The Morgan fingerprint density at radius 3 is 2.85 bits per heavy atom. The number of aromatic nitrogens is 1. The number of nitrogens with one attached hydrogen (secondary N) is 1. The molecule has 1 aliphatic rings. The maximum Gasteiger partial charge on any atom is 0.231 e. The molecule has 1 fully saturated rings. The summed E-state index contributed by atoms with van der Waals surface area (Å²) in [6.07, 6.45) is 1.88. The summed E-state index contributed by atoms with van der Waals surface area (Å²) in [5.74, 6) is -0.492. The van der Waals surface area contributed by atoms with Crippen LogP contribution in [0.5, 0.6) is 0 Å². The molecule has 2 aromatic rings.